The summed E-state index contributed by atoms with van der Waals surface area (Å²) in [5, 5.41) is 0. The van der Waals surface area contributed by atoms with Crippen LogP contribution in [0.1, 0.15) is 0 Å². The lowest BCUT2D eigenvalue weighted by atomic mass is 10.4. The molecule has 0 fully saturated rings. The first-order valence-electron chi connectivity index (χ1n) is 2.79. The molecule has 0 spiro atoms. The van der Waals surface area contributed by atoms with Crippen LogP contribution in [-0.2, 0) is 4.18 Å². The van der Waals surface area contributed by atoms with E-state index in [1.165, 1.54) is 24.2 Å². The van der Waals surface area contributed by atoms with Crippen molar-refractivity contribution in [3.8, 4) is 0 Å². The molecule has 1 rings (SSSR count). The van der Waals surface area contributed by atoms with Gasteiger partial charge in [0.2, 0.25) is 0 Å². The van der Waals surface area contributed by atoms with Gasteiger partial charge in [0.05, 0.1) is 7.11 Å². The van der Waals surface area contributed by atoms with Crippen LogP contribution in [0.25, 0.3) is 0 Å². The highest BCUT2D eigenvalue weighted by Gasteiger charge is 1.91. The van der Waals surface area contributed by atoms with Gasteiger partial charge in [-0.2, -0.15) is 0 Å². The van der Waals surface area contributed by atoms with Gasteiger partial charge in [0.15, 0.2) is 0 Å². The quantitative estimate of drug-likeness (QED) is 0.611. The Morgan fingerprint density at radius 1 is 1.30 bits per heavy atom. The topological polar surface area (TPSA) is 9.23 Å². The van der Waals surface area contributed by atoms with Crippen molar-refractivity contribution >= 4 is 12.0 Å². The van der Waals surface area contributed by atoms with Crippen molar-refractivity contribution in [2.24, 2.45) is 0 Å². The zero-order valence-corrected chi connectivity index (χ0v) is 6.32. The summed E-state index contributed by atoms with van der Waals surface area (Å²) in [7, 11) is 1.58. The van der Waals surface area contributed by atoms with E-state index in [0.29, 0.717) is 0 Å². The van der Waals surface area contributed by atoms with Crippen molar-refractivity contribution in [3.05, 3.63) is 30.1 Å². The molecular weight excluding hydrogens is 151 g/mol. The molecule has 3 heteroatoms. The summed E-state index contributed by atoms with van der Waals surface area (Å²) in [4.78, 5) is 0.906. The number of rotatable bonds is 2. The number of hydrogen-bond acceptors (Lipinski definition) is 2. The molecule has 0 unspecified atom stereocenters. The van der Waals surface area contributed by atoms with Crippen molar-refractivity contribution in [2.75, 3.05) is 7.11 Å². The molecule has 0 heterocycles. The molecule has 0 aliphatic carbocycles. The third kappa shape index (κ3) is 2.01. The fourth-order valence-corrected chi connectivity index (χ4v) is 1.03. The molecule has 0 saturated heterocycles. The molecule has 54 valence electrons. The number of benzene rings is 1. The van der Waals surface area contributed by atoms with E-state index in [2.05, 4.69) is 0 Å². The second kappa shape index (κ2) is 3.58. The van der Waals surface area contributed by atoms with Crippen molar-refractivity contribution in [1.82, 2.24) is 0 Å². The first-order valence-corrected chi connectivity index (χ1v) is 3.53. The van der Waals surface area contributed by atoms with Gasteiger partial charge >= 0.3 is 0 Å². The van der Waals surface area contributed by atoms with Crippen LogP contribution in [0, 0.1) is 5.82 Å². The zero-order chi connectivity index (χ0) is 7.40. The van der Waals surface area contributed by atoms with E-state index in [9.17, 15) is 4.39 Å². The summed E-state index contributed by atoms with van der Waals surface area (Å²) >= 11 is 1.22. The van der Waals surface area contributed by atoms with Crippen molar-refractivity contribution in [3.63, 3.8) is 0 Å². The van der Waals surface area contributed by atoms with Crippen molar-refractivity contribution in [1.29, 1.82) is 0 Å². The molecule has 1 nitrogen and oxygen atoms in total. The average molecular weight is 158 g/mol. The van der Waals surface area contributed by atoms with Crippen molar-refractivity contribution in [2.45, 2.75) is 4.90 Å². The van der Waals surface area contributed by atoms with E-state index in [1.807, 2.05) is 0 Å². The highest BCUT2D eigenvalue weighted by molar-refractivity contribution is 7.94. The van der Waals surface area contributed by atoms with Crippen molar-refractivity contribution < 1.29 is 8.57 Å². The minimum Gasteiger partial charge on any atom is -0.314 e. The summed E-state index contributed by atoms with van der Waals surface area (Å²) in [5.41, 5.74) is 0. The molecule has 0 aliphatic heterocycles. The van der Waals surface area contributed by atoms with Crippen LogP contribution in [0.15, 0.2) is 29.2 Å². The first-order chi connectivity index (χ1) is 4.83. The summed E-state index contributed by atoms with van der Waals surface area (Å²) in [6.45, 7) is 0. The molecule has 1 aromatic carbocycles. The normalized spacial score (nSPS) is 9.80. The number of halogens is 1. The van der Waals surface area contributed by atoms with Gasteiger partial charge in [-0.1, -0.05) is 0 Å². The molecule has 0 radical (unpaired) electrons. The predicted molar refractivity (Wildman–Crippen MR) is 39.3 cm³/mol. The van der Waals surface area contributed by atoms with Crippen LogP contribution in [0.5, 0.6) is 0 Å². The lowest BCUT2D eigenvalue weighted by Gasteiger charge is -1.94. The molecule has 0 atom stereocenters. The Kier molecular flexibility index (Phi) is 2.71. The van der Waals surface area contributed by atoms with E-state index in [0.717, 1.165) is 4.90 Å². The third-order valence-corrected chi connectivity index (χ3v) is 1.62. The van der Waals surface area contributed by atoms with Gasteiger partial charge in [-0.25, -0.2) is 4.39 Å². The van der Waals surface area contributed by atoms with Gasteiger partial charge in [-0.3, -0.25) is 0 Å². The largest absolute Gasteiger partial charge is 0.314 e. The van der Waals surface area contributed by atoms with Gasteiger partial charge in [0.1, 0.15) is 5.82 Å². The highest BCUT2D eigenvalue weighted by Crippen LogP contribution is 2.17. The van der Waals surface area contributed by atoms with Crippen LogP contribution in [0.3, 0.4) is 0 Å². The third-order valence-electron chi connectivity index (χ3n) is 0.993. The van der Waals surface area contributed by atoms with E-state index < -0.39 is 0 Å². The van der Waals surface area contributed by atoms with Crippen LogP contribution in [0.4, 0.5) is 4.39 Å². The average Bonchev–Trinajstić information content (AvgIpc) is 1.95. The summed E-state index contributed by atoms with van der Waals surface area (Å²) < 4.78 is 17.0. The van der Waals surface area contributed by atoms with E-state index in [-0.39, 0.29) is 5.82 Å². The van der Waals surface area contributed by atoms with Gasteiger partial charge < -0.3 is 4.18 Å². The number of hydrogen-bond donors (Lipinski definition) is 0. The monoisotopic (exact) mass is 158 g/mol. The smallest absolute Gasteiger partial charge is 0.123 e. The SMILES string of the molecule is COSc1ccc(F)cc1. The molecule has 1 aromatic rings. The lowest BCUT2D eigenvalue weighted by molar-refractivity contribution is 0.489. The highest BCUT2D eigenvalue weighted by atomic mass is 32.2. The fourth-order valence-electron chi connectivity index (χ4n) is 0.586. The molecule has 0 N–H and O–H groups in total. The Morgan fingerprint density at radius 3 is 2.40 bits per heavy atom. The molecular formula is C7H7FOS. The maximum atomic E-state index is 12.3. The van der Waals surface area contributed by atoms with Gasteiger partial charge in [-0.15, -0.1) is 0 Å². The Balaban J connectivity index is 2.69. The molecule has 0 aromatic heterocycles. The Bertz CT molecular complexity index is 197. The maximum Gasteiger partial charge on any atom is 0.123 e. The summed E-state index contributed by atoms with van der Waals surface area (Å²) in [5.74, 6) is -0.222. The Hall–Kier alpha value is -0.540. The standard InChI is InChI=1S/C7H7FOS/c1-9-10-7-4-2-6(8)3-5-7/h2-5H,1H3. The van der Waals surface area contributed by atoms with E-state index in [1.54, 1.807) is 19.2 Å². The molecule has 0 saturated carbocycles. The predicted octanol–water partition coefficient (Wildman–Crippen LogP) is 2.48. The van der Waals surface area contributed by atoms with Gasteiger partial charge in [0, 0.05) is 16.9 Å². The maximum absolute atomic E-state index is 12.3. The lowest BCUT2D eigenvalue weighted by Crippen LogP contribution is -1.73. The second-order valence-corrected chi connectivity index (χ2v) is 2.68. The minimum atomic E-state index is -0.222. The summed E-state index contributed by atoms with van der Waals surface area (Å²) in [6.07, 6.45) is 0. The zero-order valence-electron chi connectivity index (χ0n) is 5.50. The van der Waals surface area contributed by atoms with Crippen LogP contribution in [-0.4, -0.2) is 7.11 Å². The fraction of sp³-hybridized carbons (Fsp3) is 0.143. The second-order valence-electron chi connectivity index (χ2n) is 1.70. The Morgan fingerprint density at radius 2 is 1.90 bits per heavy atom. The van der Waals surface area contributed by atoms with Crippen LogP contribution < -0.4 is 0 Å². The van der Waals surface area contributed by atoms with Crippen LogP contribution in [0.2, 0.25) is 0 Å². The first kappa shape index (κ1) is 7.57. The molecule has 10 heavy (non-hydrogen) atoms. The van der Waals surface area contributed by atoms with Gasteiger partial charge in [-0.05, 0) is 24.3 Å². The van der Waals surface area contributed by atoms with E-state index in [4.69, 9.17) is 4.18 Å². The Labute approximate surface area is 63.4 Å². The van der Waals surface area contributed by atoms with Crippen LogP contribution >= 0.6 is 12.0 Å². The molecule has 0 bridgehead atoms. The molecule has 0 amide bonds. The van der Waals surface area contributed by atoms with E-state index >= 15 is 0 Å². The van der Waals surface area contributed by atoms with Gasteiger partial charge in [0.25, 0.3) is 0 Å². The molecule has 0 aliphatic rings. The minimum absolute atomic E-state index is 0.222. The summed E-state index contributed by atoms with van der Waals surface area (Å²) in [6, 6.07) is 6.15.